The number of rotatable bonds is 9. The predicted molar refractivity (Wildman–Crippen MR) is 107 cm³/mol. The van der Waals surface area contributed by atoms with E-state index >= 15 is 0 Å². The Balaban J connectivity index is 1.98. The van der Waals surface area contributed by atoms with Gasteiger partial charge in [0, 0.05) is 19.6 Å². The molecular weight excluding hydrogens is 374 g/mol. The molecular formula is C21H35N3O5. The fourth-order valence-electron chi connectivity index (χ4n) is 5.63. The SMILES string of the molecule is CCCCNC(=O)C1N(CCO)C(=O)[C@@H]2[C@@H](C(=O)NCCC)[C@]3(C)OC12CC3C. The number of hydrogen-bond acceptors (Lipinski definition) is 5. The summed E-state index contributed by atoms with van der Waals surface area (Å²) in [4.78, 5) is 41.1. The molecule has 3 fully saturated rings. The number of β-amino-alcohol motifs (C(OH)–C–C–N with tert-alkyl or cyclic N) is 1. The fourth-order valence-corrected chi connectivity index (χ4v) is 5.63. The summed E-state index contributed by atoms with van der Waals surface area (Å²) in [5.74, 6) is -2.01. The topological polar surface area (TPSA) is 108 Å². The van der Waals surface area contributed by atoms with E-state index in [9.17, 15) is 19.5 Å². The lowest BCUT2D eigenvalue weighted by molar-refractivity contribution is -0.147. The number of unbranched alkanes of at least 4 members (excludes halogenated alkanes) is 1. The van der Waals surface area contributed by atoms with Crippen LogP contribution in [0.4, 0.5) is 0 Å². The lowest BCUT2D eigenvalue weighted by Crippen LogP contribution is -2.56. The van der Waals surface area contributed by atoms with E-state index in [1.165, 1.54) is 4.90 Å². The second-order valence-corrected chi connectivity index (χ2v) is 8.89. The van der Waals surface area contributed by atoms with Crippen molar-refractivity contribution in [3.8, 4) is 0 Å². The van der Waals surface area contributed by atoms with Crippen LogP contribution in [0, 0.1) is 17.8 Å². The van der Waals surface area contributed by atoms with Gasteiger partial charge in [-0.3, -0.25) is 14.4 Å². The first kappa shape index (κ1) is 22.0. The smallest absolute Gasteiger partial charge is 0.245 e. The van der Waals surface area contributed by atoms with Crippen LogP contribution in [-0.2, 0) is 19.1 Å². The first-order valence-electron chi connectivity index (χ1n) is 10.9. The van der Waals surface area contributed by atoms with E-state index in [4.69, 9.17) is 4.74 Å². The lowest BCUT2D eigenvalue weighted by atomic mass is 9.62. The van der Waals surface area contributed by atoms with Crippen LogP contribution in [-0.4, -0.2) is 71.2 Å². The highest BCUT2D eigenvalue weighted by atomic mass is 16.5. The van der Waals surface area contributed by atoms with Gasteiger partial charge in [0.05, 0.1) is 24.0 Å². The molecule has 3 heterocycles. The minimum absolute atomic E-state index is 0.0314. The van der Waals surface area contributed by atoms with Crippen molar-refractivity contribution in [3.63, 3.8) is 0 Å². The number of carbonyl (C=O) groups excluding carboxylic acids is 3. The van der Waals surface area contributed by atoms with Gasteiger partial charge in [-0.1, -0.05) is 27.2 Å². The molecule has 3 unspecified atom stereocenters. The van der Waals surface area contributed by atoms with Crippen LogP contribution in [0.3, 0.4) is 0 Å². The third-order valence-corrected chi connectivity index (χ3v) is 7.07. The molecule has 0 radical (unpaired) electrons. The summed E-state index contributed by atoms with van der Waals surface area (Å²) in [5, 5.41) is 15.4. The summed E-state index contributed by atoms with van der Waals surface area (Å²) >= 11 is 0. The summed E-state index contributed by atoms with van der Waals surface area (Å²) in [6.07, 6.45) is 3.14. The number of fused-ring (bicyclic) bond motifs is 1. The fraction of sp³-hybridized carbons (Fsp3) is 0.857. The van der Waals surface area contributed by atoms with E-state index in [-0.39, 0.29) is 36.8 Å². The minimum atomic E-state index is -1.02. The Bertz CT molecular complexity index is 671. The Kier molecular flexibility index (Phi) is 6.24. The molecule has 0 aromatic heterocycles. The maximum atomic E-state index is 13.4. The summed E-state index contributed by atoms with van der Waals surface area (Å²) in [7, 11) is 0. The summed E-state index contributed by atoms with van der Waals surface area (Å²) in [6, 6.07) is -0.822. The number of amides is 3. The molecule has 164 valence electrons. The van der Waals surface area contributed by atoms with Gasteiger partial charge >= 0.3 is 0 Å². The highest BCUT2D eigenvalue weighted by Gasteiger charge is 2.79. The average Bonchev–Trinajstić information content (AvgIpc) is 3.18. The van der Waals surface area contributed by atoms with Crippen LogP contribution >= 0.6 is 0 Å². The number of aliphatic hydroxyl groups is 1. The molecule has 8 heteroatoms. The number of carbonyl (C=O) groups is 3. The first-order chi connectivity index (χ1) is 13.8. The molecule has 3 amide bonds. The molecule has 29 heavy (non-hydrogen) atoms. The predicted octanol–water partition coefficient (Wildman–Crippen LogP) is 0.432. The monoisotopic (exact) mass is 409 g/mol. The normalized spacial score (nSPS) is 37.7. The van der Waals surface area contributed by atoms with Crippen molar-refractivity contribution in [1.29, 1.82) is 0 Å². The summed E-state index contributed by atoms with van der Waals surface area (Å²) < 4.78 is 6.52. The van der Waals surface area contributed by atoms with Crippen molar-refractivity contribution < 1.29 is 24.2 Å². The zero-order chi connectivity index (χ0) is 21.4. The molecule has 1 spiro atoms. The van der Waals surface area contributed by atoms with Gasteiger partial charge in [0.25, 0.3) is 0 Å². The summed E-state index contributed by atoms with van der Waals surface area (Å²) in [5.41, 5.74) is -1.81. The first-order valence-corrected chi connectivity index (χ1v) is 10.9. The molecule has 3 aliphatic rings. The number of aliphatic hydroxyl groups excluding tert-OH is 1. The summed E-state index contributed by atoms with van der Waals surface area (Å²) in [6.45, 7) is 8.82. The van der Waals surface area contributed by atoms with Crippen molar-refractivity contribution in [2.75, 3.05) is 26.2 Å². The number of ether oxygens (including phenoxy) is 1. The van der Waals surface area contributed by atoms with Gasteiger partial charge in [-0.25, -0.2) is 0 Å². The van der Waals surface area contributed by atoms with Crippen molar-refractivity contribution in [1.82, 2.24) is 15.5 Å². The standard InChI is InChI=1S/C21H35N3O5/c1-5-7-9-23-18(27)16-21-12-13(3)20(4,29-21)14(17(26)22-8-6-2)15(21)19(28)24(16)10-11-25/h13-16,25H,5-12H2,1-4H3,(H,22,26)(H,23,27)/t13?,14-,15-,16?,20+,21?/m0/s1. The molecule has 0 aliphatic carbocycles. The zero-order valence-electron chi connectivity index (χ0n) is 18.0. The Labute approximate surface area is 172 Å². The number of likely N-dealkylation sites (tertiary alicyclic amines) is 1. The van der Waals surface area contributed by atoms with Gasteiger partial charge < -0.3 is 25.4 Å². The van der Waals surface area contributed by atoms with Gasteiger partial charge in [0.1, 0.15) is 11.6 Å². The second-order valence-electron chi connectivity index (χ2n) is 8.89. The number of nitrogens with one attached hydrogen (secondary N) is 2. The Morgan fingerprint density at radius 2 is 1.90 bits per heavy atom. The van der Waals surface area contributed by atoms with Gasteiger partial charge in [0.15, 0.2) is 0 Å². The largest absolute Gasteiger partial charge is 0.395 e. The zero-order valence-corrected chi connectivity index (χ0v) is 18.0. The lowest BCUT2D eigenvalue weighted by Gasteiger charge is -2.36. The van der Waals surface area contributed by atoms with Gasteiger partial charge in [0.2, 0.25) is 17.7 Å². The van der Waals surface area contributed by atoms with Crippen molar-refractivity contribution in [3.05, 3.63) is 0 Å². The molecule has 3 N–H and O–H groups in total. The average molecular weight is 410 g/mol. The van der Waals surface area contributed by atoms with E-state index in [1.54, 1.807) is 0 Å². The van der Waals surface area contributed by atoms with Crippen molar-refractivity contribution >= 4 is 17.7 Å². The Morgan fingerprint density at radius 3 is 2.52 bits per heavy atom. The third kappa shape index (κ3) is 3.24. The molecule has 0 aromatic carbocycles. The molecule has 6 atom stereocenters. The van der Waals surface area contributed by atoms with E-state index in [0.717, 1.165) is 19.3 Å². The highest BCUT2D eigenvalue weighted by molar-refractivity contribution is 5.99. The van der Waals surface area contributed by atoms with Gasteiger partial charge in [-0.05, 0) is 32.1 Å². The molecule has 0 aromatic rings. The van der Waals surface area contributed by atoms with Crippen LogP contribution in [0.15, 0.2) is 0 Å². The van der Waals surface area contributed by atoms with Crippen LogP contribution < -0.4 is 10.6 Å². The number of nitrogens with zero attached hydrogens (tertiary/aromatic N) is 1. The molecule has 0 saturated carbocycles. The van der Waals surface area contributed by atoms with Crippen LogP contribution in [0.5, 0.6) is 0 Å². The third-order valence-electron chi connectivity index (χ3n) is 7.07. The highest BCUT2D eigenvalue weighted by Crippen LogP contribution is 2.65. The van der Waals surface area contributed by atoms with E-state index in [0.29, 0.717) is 19.5 Å². The molecule has 2 bridgehead atoms. The minimum Gasteiger partial charge on any atom is -0.395 e. The van der Waals surface area contributed by atoms with E-state index < -0.39 is 29.1 Å². The maximum Gasteiger partial charge on any atom is 0.245 e. The second kappa shape index (κ2) is 8.22. The Morgan fingerprint density at radius 1 is 1.21 bits per heavy atom. The molecule has 3 saturated heterocycles. The van der Waals surface area contributed by atoms with E-state index in [2.05, 4.69) is 10.6 Å². The van der Waals surface area contributed by atoms with Crippen molar-refractivity contribution in [2.24, 2.45) is 17.8 Å². The van der Waals surface area contributed by atoms with E-state index in [1.807, 2.05) is 27.7 Å². The molecule has 8 nitrogen and oxygen atoms in total. The maximum absolute atomic E-state index is 13.4. The Hall–Kier alpha value is -1.67. The quantitative estimate of drug-likeness (QED) is 0.479. The van der Waals surface area contributed by atoms with Crippen LogP contribution in [0.25, 0.3) is 0 Å². The van der Waals surface area contributed by atoms with Gasteiger partial charge in [-0.2, -0.15) is 0 Å². The van der Waals surface area contributed by atoms with Crippen LogP contribution in [0.2, 0.25) is 0 Å². The molecule has 3 aliphatic heterocycles. The van der Waals surface area contributed by atoms with Crippen LogP contribution in [0.1, 0.15) is 53.4 Å². The molecule has 3 rings (SSSR count). The number of hydrogen-bond donors (Lipinski definition) is 3. The van der Waals surface area contributed by atoms with Crippen molar-refractivity contribution in [2.45, 2.75) is 70.6 Å². The van der Waals surface area contributed by atoms with Gasteiger partial charge in [-0.15, -0.1) is 0 Å².